The molecule has 0 spiro atoms. The van der Waals surface area contributed by atoms with E-state index in [4.69, 9.17) is 26.2 Å². The summed E-state index contributed by atoms with van der Waals surface area (Å²) in [4.78, 5) is 10.6. The summed E-state index contributed by atoms with van der Waals surface area (Å²) in [5.74, 6) is 0.357. The van der Waals surface area contributed by atoms with Gasteiger partial charge in [-0.2, -0.15) is 0 Å². The molecule has 1 aliphatic rings. The first-order valence-corrected chi connectivity index (χ1v) is 5.83. The molecule has 17 heavy (non-hydrogen) atoms. The van der Waals surface area contributed by atoms with Crippen LogP contribution in [-0.4, -0.2) is 17.9 Å². The Kier molecular flexibility index (Phi) is 3.43. The number of rotatable bonds is 4. The molecule has 0 saturated heterocycles. The van der Waals surface area contributed by atoms with E-state index in [9.17, 15) is 4.79 Å². The fourth-order valence-corrected chi connectivity index (χ4v) is 2.34. The second kappa shape index (κ2) is 4.84. The third-order valence-corrected chi connectivity index (χ3v) is 3.16. The van der Waals surface area contributed by atoms with Crippen molar-refractivity contribution in [3.63, 3.8) is 0 Å². The number of aryl methyl sites for hydroxylation is 1. The average Bonchev–Trinajstić information content (AvgIpc) is 2.74. The molecule has 0 aliphatic carbocycles. The SMILES string of the molecule is CCc1c(CCC(=O)O)cc2c(c1Cl)OCO2. The van der Waals surface area contributed by atoms with E-state index in [1.54, 1.807) is 0 Å². The quantitative estimate of drug-likeness (QED) is 0.900. The normalized spacial score (nSPS) is 12.8. The number of carboxylic acids is 1. The second-order valence-electron chi connectivity index (χ2n) is 3.81. The maximum absolute atomic E-state index is 10.6. The summed E-state index contributed by atoms with van der Waals surface area (Å²) in [5, 5.41) is 9.26. The Bertz CT molecular complexity index is 456. The Labute approximate surface area is 104 Å². The van der Waals surface area contributed by atoms with Gasteiger partial charge < -0.3 is 14.6 Å². The summed E-state index contributed by atoms with van der Waals surface area (Å²) in [7, 11) is 0. The number of aliphatic carboxylic acids is 1. The van der Waals surface area contributed by atoms with Gasteiger partial charge in [-0.05, 0) is 30.0 Å². The Hall–Kier alpha value is -1.42. The van der Waals surface area contributed by atoms with Gasteiger partial charge in [0.2, 0.25) is 6.79 Å². The van der Waals surface area contributed by atoms with Crippen LogP contribution >= 0.6 is 11.6 Å². The first-order valence-electron chi connectivity index (χ1n) is 5.45. The van der Waals surface area contributed by atoms with Crippen LogP contribution in [0.4, 0.5) is 0 Å². The van der Waals surface area contributed by atoms with Crippen molar-refractivity contribution in [1.29, 1.82) is 0 Å². The van der Waals surface area contributed by atoms with Gasteiger partial charge in [0, 0.05) is 6.42 Å². The van der Waals surface area contributed by atoms with Crippen molar-refractivity contribution in [2.24, 2.45) is 0 Å². The summed E-state index contributed by atoms with van der Waals surface area (Å²) in [5.41, 5.74) is 1.86. The maximum atomic E-state index is 10.6. The van der Waals surface area contributed by atoms with E-state index in [2.05, 4.69) is 0 Å². The van der Waals surface area contributed by atoms with E-state index in [0.717, 1.165) is 17.5 Å². The Morgan fingerprint density at radius 3 is 2.94 bits per heavy atom. The summed E-state index contributed by atoms with van der Waals surface area (Å²) in [6.07, 6.45) is 1.28. The molecule has 2 rings (SSSR count). The maximum Gasteiger partial charge on any atom is 0.303 e. The Morgan fingerprint density at radius 1 is 1.53 bits per heavy atom. The van der Waals surface area contributed by atoms with Crippen LogP contribution in [0.2, 0.25) is 5.02 Å². The highest BCUT2D eigenvalue weighted by molar-refractivity contribution is 6.33. The fraction of sp³-hybridized carbons (Fsp3) is 0.417. The summed E-state index contributed by atoms with van der Waals surface area (Å²) in [6.45, 7) is 2.15. The predicted octanol–water partition coefficient (Wildman–Crippen LogP) is 2.65. The van der Waals surface area contributed by atoms with Gasteiger partial charge in [0.15, 0.2) is 11.5 Å². The van der Waals surface area contributed by atoms with Crippen LogP contribution in [0.5, 0.6) is 11.5 Å². The lowest BCUT2D eigenvalue weighted by Gasteiger charge is -2.11. The number of hydrogen-bond acceptors (Lipinski definition) is 3. The van der Waals surface area contributed by atoms with Gasteiger partial charge in [-0.1, -0.05) is 18.5 Å². The summed E-state index contributed by atoms with van der Waals surface area (Å²) < 4.78 is 10.6. The smallest absolute Gasteiger partial charge is 0.303 e. The molecule has 0 aromatic heterocycles. The second-order valence-corrected chi connectivity index (χ2v) is 4.19. The molecule has 0 fully saturated rings. The molecule has 5 heteroatoms. The molecule has 0 unspecified atom stereocenters. The zero-order valence-electron chi connectivity index (χ0n) is 9.46. The predicted molar refractivity (Wildman–Crippen MR) is 62.9 cm³/mol. The van der Waals surface area contributed by atoms with Crippen LogP contribution in [0.1, 0.15) is 24.5 Å². The molecule has 1 N–H and O–H groups in total. The minimum atomic E-state index is -0.819. The number of benzene rings is 1. The number of halogens is 1. The zero-order chi connectivity index (χ0) is 12.4. The Morgan fingerprint density at radius 2 is 2.29 bits per heavy atom. The van der Waals surface area contributed by atoms with Crippen molar-refractivity contribution in [1.82, 2.24) is 0 Å². The number of carbonyl (C=O) groups is 1. The van der Waals surface area contributed by atoms with Gasteiger partial charge in [-0.15, -0.1) is 0 Å². The molecule has 0 radical (unpaired) electrons. The van der Waals surface area contributed by atoms with Crippen molar-refractivity contribution in [3.8, 4) is 11.5 Å². The van der Waals surface area contributed by atoms with Crippen LogP contribution in [0.25, 0.3) is 0 Å². The molecule has 4 nitrogen and oxygen atoms in total. The van der Waals surface area contributed by atoms with E-state index < -0.39 is 5.97 Å². The van der Waals surface area contributed by atoms with Crippen molar-refractivity contribution >= 4 is 17.6 Å². The molecule has 1 aromatic carbocycles. The third kappa shape index (κ3) is 2.31. The van der Waals surface area contributed by atoms with Crippen LogP contribution in [0.15, 0.2) is 6.07 Å². The van der Waals surface area contributed by atoms with Gasteiger partial charge in [0.25, 0.3) is 0 Å². The van der Waals surface area contributed by atoms with Crippen LogP contribution in [0, 0.1) is 0 Å². The molecule has 0 saturated carbocycles. The first kappa shape index (κ1) is 12.0. The van der Waals surface area contributed by atoms with Crippen molar-refractivity contribution in [2.75, 3.05) is 6.79 Å². The lowest BCUT2D eigenvalue weighted by molar-refractivity contribution is -0.136. The molecule has 1 aliphatic heterocycles. The number of hydrogen-bond donors (Lipinski definition) is 1. The molecular formula is C12H13ClO4. The van der Waals surface area contributed by atoms with Gasteiger partial charge in [-0.3, -0.25) is 4.79 Å². The largest absolute Gasteiger partial charge is 0.481 e. The lowest BCUT2D eigenvalue weighted by Crippen LogP contribution is -2.01. The van der Waals surface area contributed by atoms with Crippen LogP contribution in [0.3, 0.4) is 0 Å². The minimum absolute atomic E-state index is 0.0863. The van der Waals surface area contributed by atoms with E-state index in [1.807, 2.05) is 13.0 Å². The number of carboxylic acid groups (broad SMARTS) is 1. The fourth-order valence-electron chi connectivity index (χ4n) is 1.94. The van der Waals surface area contributed by atoms with Crippen molar-refractivity contribution < 1.29 is 19.4 Å². The molecule has 1 aromatic rings. The summed E-state index contributed by atoms with van der Waals surface area (Å²) in [6, 6.07) is 1.83. The molecule has 92 valence electrons. The lowest BCUT2D eigenvalue weighted by atomic mass is 10.00. The molecule has 0 atom stereocenters. The average molecular weight is 257 g/mol. The number of fused-ring (bicyclic) bond motifs is 1. The molecule has 1 heterocycles. The van der Waals surface area contributed by atoms with E-state index >= 15 is 0 Å². The zero-order valence-corrected chi connectivity index (χ0v) is 10.2. The Balaban J connectivity index is 2.37. The van der Waals surface area contributed by atoms with Gasteiger partial charge >= 0.3 is 5.97 Å². The van der Waals surface area contributed by atoms with Gasteiger partial charge in [0.1, 0.15) is 0 Å². The topological polar surface area (TPSA) is 55.8 Å². The van der Waals surface area contributed by atoms with Crippen molar-refractivity contribution in [3.05, 3.63) is 22.2 Å². The molecular weight excluding hydrogens is 244 g/mol. The first-order chi connectivity index (χ1) is 8.13. The van der Waals surface area contributed by atoms with Crippen LogP contribution < -0.4 is 9.47 Å². The van der Waals surface area contributed by atoms with E-state index in [1.165, 1.54) is 0 Å². The summed E-state index contributed by atoms with van der Waals surface area (Å²) >= 11 is 6.22. The van der Waals surface area contributed by atoms with E-state index in [0.29, 0.717) is 22.9 Å². The molecule has 0 bridgehead atoms. The molecule has 0 amide bonds. The van der Waals surface area contributed by atoms with Crippen LogP contribution in [-0.2, 0) is 17.6 Å². The standard InChI is InChI=1S/C12H13ClO4/c1-2-8-7(3-4-10(14)15)5-9-12(11(8)13)17-6-16-9/h5H,2-4,6H2,1H3,(H,14,15). The monoisotopic (exact) mass is 256 g/mol. The van der Waals surface area contributed by atoms with E-state index in [-0.39, 0.29) is 13.2 Å². The highest BCUT2D eigenvalue weighted by Gasteiger charge is 2.22. The number of ether oxygens (including phenoxy) is 2. The van der Waals surface area contributed by atoms with Gasteiger partial charge in [-0.25, -0.2) is 0 Å². The third-order valence-electron chi connectivity index (χ3n) is 2.76. The van der Waals surface area contributed by atoms with Gasteiger partial charge in [0.05, 0.1) is 5.02 Å². The van der Waals surface area contributed by atoms with Crippen molar-refractivity contribution in [2.45, 2.75) is 26.2 Å². The minimum Gasteiger partial charge on any atom is -0.481 e. The highest BCUT2D eigenvalue weighted by atomic mass is 35.5. The highest BCUT2D eigenvalue weighted by Crippen LogP contribution is 2.43.